The quantitative estimate of drug-likeness (QED) is 0.854. The van der Waals surface area contributed by atoms with Gasteiger partial charge in [0, 0.05) is 6.54 Å². The molecule has 2 N–H and O–H groups in total. The molecular formula is C16H29N3. The molecule has 0 saturated heterocycles. The predicted octanol–water partition coefficient (Wildman–Crippen LogP) is 4.29. The summed E-state index contributed by atoms with van der Waals surface area (Å²) in [5, 5.41) is 10.9. The molecule has 0 radical (unpaired) electrons. The Hall–Kier alpha value is -0.990. The normalized spacial score (nSPS) is 24.5. The van der Waals surface area contributed by atoms with E-state index in [1.165, 1.54) is 31.4 Å². The first-order chi connectivity index (χ1) is 8.88. The van der Waals surface area contributed by atoms with E-state index in [1.807, 2.05) is 0 Å². The zero-order valence-electron chi connectivity index (χ0n) is 13.1. The number of nitrogens with zero attached hydrogens (tertiary/aromatic N) is 1. The van der Waals surface area contributed by atoms with Crippen LogP contribution in [0.15, 0.2) is 0 Å². The van der Waals surface area contributed by atoms with Crippen molar-refractivity contribution in [3.8, 4) is 0 Å². The van der Waals surface area contributed by atoms with Crippen LogP contribution in [0.2, 0.25) is 0 Å². The number of aromatic amines is 1. The molecule has 1 heterocycles. The van der Waals surface area contributed by atoms with Crippen molar-refractivity contribution in [2.24, 2.45) is 17.3 Å². The topological polar surface area (TPSA) is 40.7 Å². The van der Waals surface area contributed by atoms with Crippen molar-refractivity contribution in [3.05, 3.63) is 11.4 Å². The molecular weight excluding hydrogens is 234 g/mol. The Bertz CT molecular complexity index is 387. The fraction of sp³-hybridized carbons (Fsp3) is 0.812. The summed E-state index contributed by atoms with van der Waals surface area (Å²) >= 11 is 0. The number of hydrogen-bond donors (Lipinski definition) is 2. The Kier molecular flexibility index (Phi) is 4.22. The third-order valence-corrected chi connectivity index (χ3v) is 4.77. The first-order valence-corrected chi connectivity index (χ1v) is 7.63. The number of rotatable bonds is 3. The molecule has 0 aliphatic heterocycles. The van der Waals surface area contributed by atoms with Crippen molar-refractivity contribution in [3.63, 3.8) is 0 Å². The molecule has 0 aromatic carbocycles. The van der Waals surface area contributed by atoms with Crippen molar-refractivity contribution in [1.82, 2.24) is 10.2 Å². The van der Waals surface area contributed by atoms with E-state index in [0.717, 1.165) is 29.8 Å². The Morgan fingerprint density at radius 1 is 1.16 bits per heavy atom. The van der Waals surface area contributed by atoms with E-state index >= 15 is 0 Å². The smallest absolute Gasteiger partial charge is 0.0825 e. The highest BCUT2D eigenvalue weighted by Crippen LogP contribution is 2.39. The fourth-order valence-corrected chi connectivity index (χ4v) is 3.29. The Labute approximate surface area is 117 Å². The molecule has 0 bridgehead atoms. The van der Waals surface area contributed by atoms with Gasteiger partial charge in [0.2, 0.25) is 0 Å². The third-order valence-electron chi connectivity index (χ3n) is 4.77. The SMILES string of the molecule is Cc1n[nH]c(C)c1NCC1CCC(C(C)(C)C)CC1. The fourth-order valence-electron chi connectivity index (χ4n) is 3.29. The first kappa shape index (κ1) is 14.4. The minimum atomic E-state index is 0.482. The Balaban J connectivity index is 1.81. The minimum Gasteiger partial charge on any atom is -0.382 e. The summed E-state index contributed by atoms with van der Waals surface area (Å²) in [6.07, 6.45) is 5.51. The summed E-state index contributed by atoms with van der Waals surface area (Å²) in [4.78, 5) is 0. The lowest BCUT2D eigenvalue weighted by atomic mass is 9.70. The minimum absolute atomic E-state index is 0.482. The van der Waals surface area contributed by atoms with Gasteiger partial charge in [-0.05, 0) is 56.8 Å². The molecule has 1 aliphatic rings. The van der Waals surface area contributed by atoms with Crippen LogP contribution in [0.25, 0.3) is 0 Å². The molecule has 2 rings (SSSR count). The maximum absolute atomic E-state index is 4.24. The maximum atomic E-state index is 4.24. The van der Waals surface area contributed by atoms with Crippen LogP contribution in [0.1, 0.15) is 57.8 Å². The molecule has 1 aliphatic carbocycles. The van der Waals surface area contributed by atoms with Crippen molar-refractivity contribution >= 4 is 5.69 Å². The summed E-state index contributed by atoms with van der Waals surface area (Å²) < 4.78 is 0. The molecule has 0 amide bonds. The van der Waals surface area contributed by atoms with E-state index in [2.05, 4.69) is 50.1 Å². The van der Waals surface area contributed by atoms with Gasteiger partial charge >= 0.3 is 0 Å². The number of anilines is 1. The molecule has 0 unspecified atom stereocenters. The van der Waals surface area contributed by atoms with Crippen molar-refractivity contribution in [1.29, 1.82) is 0 Å². The average molecular weight is 263 g/mol. The highest BCUT2D eigenvalue weighted by molar-refractivity contribution is 5.51. The van der Waals surface area contributed by atoms with Crippen LogP contribution in [0.3, 0.4) is 0 Å². The van der Waals surface area contributed by atoms with Crippen molar-refractivity contribution < 1.29 is 0 Å². The number of aromatic nitrogens is 2. The molecule has 1 saturated carbocycles. The zero-order valence-corrected chi connectivity index (χ0v) is 13.1. The van der Waals surface area contributed by atoms with Crippen molar-refractivity contribution in [2.45, 2.75) is 60.3 Å². The molecule has 0 atom stereocenters. The second-order valence-electron chi connectivity index (χ2n) is 7.27. The van der Waals surface area contributed by atoms with E-state index in [4.69, 9.17) is 0 Å². The van der Waals surface area contributed by atoms with E-state index in [0.29, 0.717) is 5.41 Å². The van der Waals surface area contributed by atoms with Crippen molar-refractivity contribution in [2.75, 3.05) is 11.9 Å². The van der Waals surface area contributed by atoms with Crippen LogP contribution < -0.4 is 5.32 Å². The number of hydrogen-bond acceptors (Lipinski definition) is 2. The van der Waals surface area contributed by atoms with E-state index in [1.54, 1.807) is 0 Å². The molecule has 108 valence electrons. The molecule has 3 nitrogen and oxygen atoms in total. The highest BCUT2D eigenvalue weighted by Gasteiger charge is 2.29. The van der Waals surface area contributed by atoms with Gasteiger partial charge in [0.15, 0.2) is 0 Å². The first-order valence-electron chi connectivity index (χ1n) is 7.63. The summed E-state index contributed by atoms with van der Waals surface area (Å²) in [5.41, 5.74) is 3.93. The Morgan fingerprint density at radius 2 is 1.79 bits per heavy atom. The number of H-pyrrole nitrogens is 1. The van der Waals surface area contributed by atoms with Crippen LogP contribution in [0.5, 0.6) is 0 Å². The molecule has 19 heavy (non-hydrogen) atoms. The monoisotopic (exact) mass is 263 g/mol. The standard InChI is InChI=1S/C16H29N3/c1-11-15(12(2)19-18-11)17-10-13-6-8-14(9-7-13)16(3,4)5/h13-14,17H,6-10H2,1-5H3,(H,18,19). The largest absolute Gasteiger partial charge is 0.382 e. The molecule has 0 spiro atoms. The number of nitrogens with one attached hydrogen (secondary N) is 2. The van der Waals surface area contributed by atoms with Gasteiger partial charge in [-0.3, -0.25) is 5.10 Å². The van der Waals surface area contributed by atoms with E-state index in [-0.39, 0.29) is 0 Å². The van der Waals surface area contributed by atoms with Crippen LogP contribution >= 0.6 is 0 Å². The zero-order chi connectivity index (χ0) is 14.0. The average Bonchev–Trinajstić information content (AvgIpc) is 2.66. The van der Waals surface area contributed by atoms with Gasteiger partial charge in [0.05, 0.1) is 17.1 Å². The third kappa shape index (κ3) is 3.52. The highest BCUT2D eigenvalue weighted by atomic mass is 15.1. The van der Waals surface area contributed by atoms with Gasteiger partial charge < -0.3 is 5.32 Å². The lowest BCUT2D eigenvalue weighted by Gasteiger charge is -2.37. The lowest BCUT2D eigenvalue weighted by molar-refractivity contribution is 0.153. The lowest BCUT2D eigenvalue weighted by Crippen LogP contribution is -2.28. The molecule has 1 aromatic rings. The van der Waals surface area contributed by atoms with Gasteiger partial charge in [-0.15, -0.1) is 0 Å². The van der Waals surface area contributed by atoms with Crippen LogP contribution in [-0.4, -0.2) is 16.7 Å². The summed E-state index contributed by atoms with van der Waals surface area (Å²) in [7, 11) is 0. The summed E-state index contributed by atoms with van der Waals surface area (Å²) in [6, 6.07) is 0. The van der Waals surface area contributed by atoms with Gasteiger partial charge in [0.25, 0.3) is 0 Å². The summed E-state index contributed by atoms with van der Waals surface area (Å²) in [5.74, 6) is 1.73. The maximum Gasteiger partial charge on any atom is 0.0825 e. The van der Waals surface area contributed by atoms with Crippen LogP contribution in [0.4, 0.5) is 5.69 Å². The van der Waals surface area contributed by atoms with Crippen LogP contribution in [0, 0.1) is 31.1 Å². The molecule has 1 fully saturated rings. The number of aryl methyl sites for hydroxylation is 2. The second-order valence-corrected chi connectivity index (χ2v) is 7.27. The van der Waals surface area contributed by atoms with Crippen LogP contribution in [-0.2, 0) is 0 Å². The van der Waals surface area contributed by atoms with Gasteiger partial charge in [-0.25, -0.2) is 0 Å². The predicted molar refractivity (Wildman–Crippen MR) is 81.5 cm³/mol. The van der Waals surface area contributed by atoms with Gasteiger partial charge in [-0.1, -0.05) is 20.8 Å². The van der Waals surface area contributed by atoms with E-state index < -0.39 is 0 Å². The van der Waals surface area contributed by atoms with Gasteiger partial charge in [0.1, 0.15) is 0 Å². The van der Waals surface area contributed by atoms with E-state index in [9.17, 15) is 0 Å². The second kappa shape index (κ2) is 5.56. The molecule has 1 aromatic heterocycles. The molecule has 3 heteroatoms. The Morgan fingerprint density at radius 3 is 2.26 bits per heavy atom. The summed E-state index contributed by atoms with van der Waals surface area (Å²) in [6.45, 7) is 12.4. The van der Waals surface area contributed by atoms with Gasteiger partial charge in [-0.2, -0.15) is 5.10 Å².